The van der Waals surface area contributed by atoms with E-state index in [9.17, 15) is 4.79 Å². The van der Waals surface area contributed by atoms with Gasteiger partial charge in [-0.05, 0) is 81.0 Å². The molecule has 0 amide bonds. The SMILES string of the molecule is CCCCCC[C@H]1CCC2C(CCC3C[C@@H](OC(=O)CCC)CCC32)C1. The van der Waals surface area contributed by atoms with Crippen LogP contribution in [-0.4, -0.2) is 12.1 Å². The number of esters is 1. The molecule has 6 atom stereocenters. The van der Waals surface area contributed by atoms with Gasteiger partial charge in [-0.2, -0.15) is 0 Å². The average molecular weight is 363 g/mol. The van der Waals surface area contributed by atoms with Gasteiger partial charge in [-0.15, -0.1) is 0 Å². The van der Waals surface area contributed by atoms with Crippen molar-refractivity contribution >= 4 is 5.97 Å². The van der Waals surface area contributed by atoms with E-state index in [1.54, 1.807) is 0 Å². The summed E-state index contributed by atoms with van der Waals surface area (Å²) in [5.41, 5.74) is 0. The van der Waals surface area contributed by atoms with E-state index in [-0.39, 0.29) is 12.1 Å². The second-order valence-corrected chi connectivity index (χ2v) is 9.63. The molecule has 2 heteroatoms. The Morgan fingerprint density at radius 3 is 2.27 bits per heavy atom. The van der Waals surface area contributed by atoms with Gasteiger partial charge in [-0.3, -0.25) is 4.79 Å². The molecule has 3 aliphatic carbocycles. The summed E-state index contributed by atoms with van der Waals surface area (Å²) in [7, 11) is 0. The number of hydrogen-bond donors (Lipinski definition) is 0. The number of fused-ring (bicyclic) bond motifs is 3. The molecule has 3 rings (SSSR count). The van der Waals surface area contributed by atoms with E-state index in [2.05, 4.69) is 13.8 Å². The van der Waals surface area contributed by atoms with E-state index >= 15 is 0 Å². The Kier molecular flexibility index (Phi) is 7.88. The summed E-state index contributed by atoms with van der Waals surface area (Å²) in [6.45, 7) is 4.36. The Bertz CT molecular complexity index is 432. The summed E-state index contributed by atoms with van der Waals surface area (Å²) in [5.74, 6) is 4.85. The molecule has 3 saturated carbocycles. The third-order valence-electron chi connectivity index (χ3n) is 7.82. The summed E-state index contributed by atoms with van der Waals surface area (Å²) < 4.78 is 5.76. The molecule has 0 radical (unpaired) electrons. The lowest BCUT2D eigenvalue weighted by molar-refractivity contribution is -0.153. The predicted octanol–water partition coefficient (Wildman–Crippen LogP) is 6.91. The number of carbonyl (C=O) groups excluding carboxylic acids is 1. The summed E-state index contributed by atoms with van der Waals surface area (Å²) >= 11 is 0. The molecule has 0 heterocycles. The summed E-state index contributed by atoms with van der Waals surface area (Å²) in [6, 6.07) is 0. The van der Waals surface area contributed by atoms with Crippen molar-refractivity contribution in [1.82, 2.24) is 0 Å². The van der Waals surface area contributed by atoms with Gasteiger partial charge in [0.1, 0.15) is 6.10 Å². The van der Waals surface area contributed by atoms with Gasteiger partial charge in [0.25, 0.3) is 0 Å². The number of unbranched alkanes of at least 4 members (excludes halogenated alkanes) is 3. The van der Waals surface area contributed by atoms with Crippen molar-refractivity contribution in [3.63, 3.8) is 0 Å². The molecule has 0 aliphatic heterocycles. The largest absolute Gasteiger partial charge is 0.462 e. The molecule has 0 N–H and O–H groups in total. The Balaban J connectivity index is 1.44. The first-order valence-corrected chi connectivity index (χ1v) is 11.9. The van der Waals surface area contributed by atoms with Gasteiger partial charge < -0.3 is 4.74 Å². The second-order valence-electron chi connectivity index (χ2n) is 9.63. The van der Waals surface area contributed by atoms with E-state index in [4.69, 9.17) is 4.74 Å². The van der Waals surface area contributed by atoms with Crippen LogP contribution in [-0.2, 0) is 9.53 Å². The maximum atomic E-state index is 11.8. The third-order valence-corrected chi connectivity index (χ3v) is 7.82. The van der Waals surface area contributed by atoms with Crippen molar-refractivity contribution < 1.29 is 9.53 Å². The van der Waals surface area contributed by atoms with Crippen molar-refractivity contribution in [3.8, 4) is 0 Å². The first-order valence-electron chi connectivity index (χ1n) is 11.9. The van der Waals surface area contributed by atoms with Gasteiger partial charge in [0.05, 0.1) is 0 Å². The Morgan fingerprint density at radius 2 is 1.54 bits per heavy atom. The third kappa shape index (κ3) is 5.26. The standard InChI is InChI=1S/C24H42O2/c1-3-5-6-7-9-18-10-14-22-19(16-18)11-12-20-17-21(13-15-23(20)22)26-24(25)8-4-2/h18-23H,3-17H2,1-2H3/t18-,19?,20?,21-,22?,23?/m0/s1. The monoisotopic (exact) mass is 362 g/mol. The van der Waals surface area contributed by atoms with Gasteiger partial charge >= 0.3 is 5.97 Å². The molecule has 0 aromatic carbocycles. The van der Waals surface area contributed by atoms with Crippen molar-refractivity contribution in [2.24, 2.45) is 29.6 Å². The van der Waals surface area contributed by atoms with Crippen LogP contribution in [0.25, 0.3) is 0 Å². The molecule has 26 heavy (non-hydrogen) atoms. The minimum absolute atomic E-state index is 0.0354. The molecule has 150 valence electrons. The van der Waals surface area contributed by atoms with Crippen LogP contribution in [0.5, 0.6) is 0 Å². The van der Waals surface area contributed by atoms with E-state index in [1.165, 1.54) is 70.6 Å². The highest BCUT2D eigenvalue weighted by Gasteiger charge is 2.44. The van der Waals surface area contributed by atoms with Gasteiger partial charge in [0.15, 0.2) is 0 Å². The minimum Gasteiger partial charge on any atom is -0.462 e. The van der Waals surface area contributed by atoms with Crippen LogP contribution in [0.1, 0.15) is 110 Å². The summed E-state index contributed by atoms with van der Waals surface area (Å²) in [5, 5.41) is 0. The van der Waals surface area contributed by atoms with Crippen LogP contribution in [0.15, 0.2) is 0 Å². The lowest BCUT2D eigenvalue weighted by Crippen LogP contribution is -2.43. The van der Waals surface area contributed by atoms with Crippen LogP contribution in [0.4, 0.5) is 0 Å². The maximum Gasteiger partial charge on any atom is 0.306 e. The van der Waals surface area contributed by atoms with E-state index in [0.29, 0.717) is 6.42 Å². The number of hydrogen-bond acceptors (Lipinski definition) is 2. The highest BCUT2D eigenvalue weighted by Crippen LogP contribution is 2.53. The van der Waals surface area contributed by atoms with Crippen molar-refractivity contribution in [2.45, 2.75) is 116 Å². The maximum absolute atomic E-state index is 11.8. The molecule has 0 aromatic heterocycles. The van der Waals surface area contributed by atoms with Crippen molar-refractivity contribution in [3.05, 3.63) is 0 Å². The lowest BCUT2D eigenvalue weighted by atomic mass is 9.56. The topological polar surface area (TPSA) is 26.3 Å². The average Bonchev–Trinajstić information content (AvgIpc) is 2.65. The van der Waals surface area contributed by atoms with Crippen LogP contribution in [0, 0.1) is 29.6 Å². The van der Waals surface area contributed by atoms with Gasteiger partial charge in [0.2, 0.25) is 0 Å². The fourth-order valence-corrected chi connectivity index (χ4v) is 6.53. The quantitative estimate of drug-likeness (QED) is 0.346. The Hall–Kier alpha value is -0.530. The van der Waals surface area contributed by atoms with Crippen molar-refractivity contribution in [1.29, 1.82) is 0 Å². The first-order chi connectivity index (χ1) is 12.7. The smallest absolute Gasteiger partial charge is 0.306 e. The Morgan fingerprint density at radius 1 is 0.808 bits per heavy atom. The fraction of sp³-hybridized carbons (Fsp3) is 0.958. The highest BCUT2D eigenvalue weighted by atomic mass is 16.5. The molecular formula is C24H42O2. The highest BCUT2D eigenvalue weighted by molar-refractivity contribution is 5.69. The van der Waals surface area contributed by atoms with Gasteiger partial charge in [-0.25, -0.2) is 0 Å². The summed E-state index contributed by atoms with van der Waals surface area (Å²) in [6.07, 6.45) is 19.9. The second kappa shape index (κ2) is 10.1. The van der Waals surface area contributed by atoms with Crippen LogP contribution < -0.4 is 0 Å². The predicted molar refractivity (Wildman–Crippen MR) is 108 cm³/mol. The number of ether oxygens (including phenoxy) is 1. The zero-order valence-corrected chi connectivity index (χ0v) is 17.4. The molecule has 0 saturated heterocycles. The summed E-state index contributed by atoms with van der Waals surface area (Å²) in [4.78, 5) is 11.8. The lowest BCUT2D eigenvalue weighted by Gasteiger charge is -2.50. The van der Waals surface area contributed by atoms with E-state index in [1.807, 2.05) is 0 Å². The van der Waals surface area contributed by atoms with Crippen LogP contribution >= 0.6 is 0 Å². The fourth-order valence-electron chi connectivity index (χ4n) is 6.53. The molecule has 2 nitrogen and oxygen atoms in total. The van der Waals surface area contributed by atoms with Crippen molar-refractivity contribution in [2.75, 3.05) is 0 Å². The minimum atomic E-state index is 0.0354. The molecule has 4 unspecified atom stereocenters. The molecule has 3 fully saturated rings. The van der Waals surface area contributed by atoms with Gasteiger partial charge in [0, 0.05) is 6.42 Å². The number of carbonyl (C=O) groups is 1. The van der Waals surface area contributed by atoms with Gasteiger partial charge in [-0.1, -0.05) is 52.4 Å². The molecule has 0 spiro atoms. The molecule has 0 bridgehead atoms. The molecule has 0 aromatic rings. The normalized spacial score (nSPS) is 36.8. The first kappa shape index (κ1) is 20.2. The molecular weight excluding hydrogens is 320 g/mol. The van der Waals surface area contributed by atoms with Crippen LogP contribution in [0.2, 0.25) is 0 Å². The number of rotatable bonds is 8. The van der Waals surface area contributed by atoms with E-state index in [0.717, 1.165) is 48.9 Å². The van der Waals surface area contributed by atoms with Crippen LogP contribution in [0.3, 0.4) is 0 Å². The Labute approximate surface area is 161 Å². The zero-order chi connectivity index (χ0) is 18.4. The zero-order valence-electron chi connectivity index (χ0n) is 17.4. The molecule has 3 aliphatic rings. The van der Waals surface area contributed by atoms with E-state index < -0.39 is 0 Å².